The second-order valence-electron chi connectivity index (χ2n) is 5.23. The lowest BCUT2D eigenvalue weighted by atomic mass is 10.1. The van der Waals surface area contributed by atoms with E-state index in [1.807, 2.05) is 0 Å². The first kappa shape index (κ1) is 16.0. The van der Waals surface area contributed by atoms with Crippen molar-refractivity contribution in [1.29, 1.82) is 0 Å². The molecule has 11 heteroatoms. The van der Waals surface area contributed by atoms with Crippen LogP contribution in [0.5, 0.6) is 0 Å². The molecule has 24 heavy (non-hydrogen) atoms. The molecule has 2 aromatic heterocycles. The van der Waals surface area contributed by atoms with Crippen molar-refractivity contribution in [2.75, 3.05) is 11.4 Å². The number of carbonyl (C=O) groups is 2. The van der Waals surface area contributed by atoms with Crippen LogP contribution in [0.25, 0.3) is 0 Å². The Morgan fingerprint density at radius 2 is 2.08 bits per heavy atom. The molecule has 128 valence electrons. The van der Waals surface area contributed by atoms with Crippen LogP contribution in [0.15, 0.2) is 24.5 Å². The van der Waals surface area contributed by atoms with Crippen molar-refractivity contribution < 1.29 is 27.9 Å². The molecule has 0 saturated carbocycles. The van der Waals surface area contributed by atoms with Crippen molar-refractivity contribution in [3.05, 3.63) is 30.2 Å². The Hall–Kier alpha value is -2.85. The van der Waals surface area contributed by atoms with Gasteiger partial charge in [-0.2, -0.15) is 23.4 Å². The van der Waals surface area contributed by atoms with Gasteiger partial charge in [0, 0.05) is 18.8 Å². The number of halogens is 3. The highest BCUT2D eigenvalue weighted by Crippen LogP contribution is 2.38. The lowest BCUT2D eigenvalue weighted by molar-refractivity contribution is -0.173. The Labute approximate surface area is 133 Å². The minimum atomic E-state index is -4.45. The number of amides is 1. The molecule has 1 unspecified atom stereocenters. The predicted octanol–water partition coefficient (Wildman–Crippen LogP) is 1.32. The summed E-state index contributed by atoms with van der Waals surface area (Å²) in [5.74, 6) is -1.68. The average molecular weight is 343 g/mol. The number of aromatic nitrogens is 4. The molecule has 0 aliphatic carbocycles. The number of anilines is 1. The molecule has 0 spiro atoms. The molecule has 0 fully saturated rings. The SMILES string of the molecule is O=C(O)c1ccn(CC(=O)N2CCC(C(F)(F)F)n3nccc32)n1. The summed E-state index contributed by atoms with van der Waals surface area (Å²) in [6, 6.07) is 0.798. The van der Waals surface area contributed by atoms with Gasteiger partial charge in [-0.05, 0) is 12.5 Å². The van der Waals surface area contributed by atoms with Crippen LogP contribution in [0, 0.1) is 0 Å². The first-order chi connectivity index (χ1) is 11.3. The third-order valence-electron chi connectivity index (χ3n) is 3.68. The summed E-state index contributed by atoms with van der Waals surface area (Å²) in [6.07, 6.45) is -2.23. The quantitative estimate of drug-likeness (QED) is 0.907. The number of rotatable bonds is 3. The van der Waals surface area contributed by atoms with E-state index in [0.717, 1.165) is 9.36 Å². The fourth-order valence-electron chi connectivity index (χ4n) is 2.59. The van der Waals surface area contributed by atoms with E-state index < -0.39 is 24.1 Å². The zero-order valence-corrected chi connectivity index (χ0v) is 12.1. The van der Waals surface area contributed by atoms with E-state index in [1.165, 1.54) is 29.4 Å². The second kappa shape index (κ2) is 5.65. The Bertz CT molecular complexity index is 782. The van der Waals surface area contributed by atoms with E-state index in [2.05, 4.69) is 10.2 Å². The summed E-state index contributed by atoms with van der Waals surface area (Å²) in [6.45, 7) is -0.392. The van der Waals surface area contributed by atoms with Crippen molar-refractivity contribution in [2.24, 2.45) is 0 Å². The molecule has 1 N–H and O–H groups in total. The van der Waals surface area contributed by atoms with Gasteiger partial charge >= 0.3 is 12.1 Å². The molecular weight excluding hydrogens is 331 g/mol. The maximum absolute atomic E-state index is 13.0. The van der Waals surface area contributed by atoms with Gasteiger partial charge < -0.3 is 5.11 Å². The summed E-state index contributed by atoms with van der Waals surface area (Å²) in [7, 11) is 0. The molecule has 0 aromatic carbocycles. The standard InChI is InChI=1S/C13H12F3N5O3/c14-13(15,16)9-3-6-20(10-1-4-17-21(9)10)11(22)7-19-5-2-8(18-19)12(23)24/h1-2,4-5,9H,3,6-7H2,(H,23,24). The Morgan fingerprint density at radius 1 is 1.33 bits per heavy atom. The van der Waals surface area contributed by atoms with Gasteiger partial charge in [-0.15, -0.1) is 0 Å². The number of carboxylic acids is 1. The molecule has 1 amide bonds. The number of carboxylic acid groups (broad SMARTS) is 1. The number of hydrogen-bond donors (Lipinski definition) is 1. The molecule has 8 nitrogen and oxygen atoms in total. The van der Waals surface area contributed by atoms with Crippen LogP contribution < -0.4 is 4.90 Å². The lowest BCUT2D eigenvalue weighted by Gasteiger charge is -2.33. The summed E-state index contributed by atoms with van der Waals surface area (Å²) in [5, 5.41) is 16.2. The molecule has 0 saturated heterocycles. The first-order valence-corrected chi connectivity index (χ1v) is 6.94. The minimum Gasteiger partial charge on any atom is -0.476 e. The maximum atomic E-state index is 13.0. The van der Waals surface area contributed by atoms with E-state index in [9.17, 15) is 22.8 Å². The number of alkyl halides is 3. The summed E-state index contributed by atoms with van der Waals surface area (Å²) in [4.78, 5) is 24.3. The van der Waals surface area contributed by atoms with Crippen LogP contribution in [0.4, 0.5) is 19.0 Å². The highest BCUT2D eigenvalue weighted by Gasteiger charge is 2.45. The van der Waals surface area contributed by atoms with Crippen LogP contribution in [-0.2, 0) is 11.3 Å². The monoisotopic (exact) mass is 343 g/mol. The Balaban J connectivity index is 1.80. The molecule has 3 rings (SSSR count). The molecule has 0 bridgehead atoms. The molecule has 3 heterocycles. The summed E-state index contributed by atoms with van der Waals surface area (Å²) >= 11 is 0. The largest absolute Gasteiger partial charge is 0.476 e. The predicted molar refractivity (Wildman–Crippen MR) is 73.5 cm³/mol. The van der Waals surface area contributed by atoms with Crippen LogP contribution in [0.1, 0.15) is 23.0 Å². The van der Waals surface area contributed by atoms with E-state index in [4.69, 9.17) is 5.11 Å². The normalized spacial score (nSPS) is 17.6. The zero-order chi connectivity index (χ0) is 17.5. The van der Waals surface area contributed by atoms with Gasteiger partial charge in [-0.3, -0.25) is 14.4 Å². The molecule has 2 aromatic rings. The van der Waals surface area contributed by atoms with Gasteiger partial charge in [-0.25, -0.2) is 9.48 Å². The fraction of sp³-hybridized carbons (Fsp3) is 0.385. The Kier molecular flexibility index (Phi) is 3.78. The van der Waals surface area contributed by atoms with E-state index in [-0.39, 0.29) is 31.0 Å². The summed E-state index contributed by atoms with van der Waals surface area (Å²) in [5.41, 5.74) is -0.219. The molecular formula is C13H12F3N5O3. The third kappa shape index (κ3) is 2.84. The highest BCUT2D eigenvalue weighted by atomic mass is 19.4. The van der Waals surface area contributed by atoms with E-state index >= 15 is 0 Å². The molecule has 1 aliphatic heterocycles. The van der Waals surface area contributed by atoms with Crippen LogP contribution in [0.2, 0.25) is 0 Å². The third-order valence-corrected chi connectivity index (χ3v) is 3.68. The van der Waals surface area contributed by atoms with Crippen molar-refractivity contribution >= 4 is 17.7 Å². The van der Waals surface area contributed by atoms with Gasteiger partial charge in [0.2, 0.25) is 5.91 Å². The first-order valence-electron chi connectivity index (χ1n) is 6.94. The maximum Gasteiger partial charge on any atom is 0.410 e. The highest BCUT2D eigenvalue weighted by molar-refractivity contribution is 5.92. The van der Waals surface area contributed by atoms with E-state index in [1.54, 1.807) is 0 Å². The topological polar surface area (TPSA) is 93.2 Å². The van der Waals surface area contributed by atoms with Gasteiger partial charge in [0.05, 0.1) is 6.20 Å². The number of carbonyl (C=O) groups excluding carboxylic acids is 1. The summed E-state index contributed by atoms with van der Waals surface area (Å²) < 4.78 is 41.0. The van der Waals surface area contributed by atoms with Gasteiger partial charge in [-0.1, -0.05) is 0 Å². The number of fused-ring (bicyclic) bond motifs is 1. The van der Waals surface area contributed by atoms with Crippen molar-refractivity contribution in [3.8, 4) is 0 Å². The zero-order valence-electron chi connectivity index (χ0n) is 12.1. The van der Waals surface area contributed by atoms with Crippen LogP contribution in [0.3, 0.4) is 0 Å². The Morgan fingerprint density at radius 3 is 2.71 bits per heavy atom. The molecule has 0 radical (unpaired) electrons. The molecule has 1 aliphatic rings. The lowest BCUT2D eigenvalue weighted by Crippen LogP contribution is -2.44. The molecule has 1 atom stereocenters. The van der Waals surface area contributed by atoms with Crippen molar-refractivity contribution in [3.63, 3.8) is 0 Å². The number of nitrogens with zero attached hydrogens (tertiary/aromatic N) is 5. The average Bonchev–Trinajstić information content (AvgIpc) is 3.13. The van der Waals surface area contributed by atoms with Crippen molar-refractivity contribution in [2.45, 2.75) is 25.2 Å². The van der Waals surface area contributed by atoms with E-state index in [0.29, 0.717) is 0 Å². The van der Waals surface area contributed by atoms with Crippen LogP contribution in [-0.4, -0.2) is 49.3 Å². The second-order valence-corrected chi connectivity index (χ2v) is 5.23. The smallest absolute Gasteiger partial charge is 0.410 e. The van der Waals surface area contributed by atoms with Gasteiger partial charge in [0.15, 0.2) is 11.7 Å². The van der Waals surface area contributed by atoms with Gasteiger partial charge in [0.25, 0.3) is 0 Å². The number of aromatic carboxylic acids is 1. The fourth-order valence-corrected chi connectivity index (χ4v) is 2.59. The van der Waals surface area contributed by atoms with Gasteiger partial charge in [0.1, 0.15) is 12.4 Å². The van der Waals surface area contributed by atoms with Crippen LogP contribution >= 0.6 is 0 Å². The van der Waals surface area contributed by atoms with Crippen molar-refractivity contribution in [1.82, 2.24) is 19.6 Å². The minimum absolute atomic E-state index is 0.0548. The number of hydrogen-bond acceptors (Lipinski definition) is 4.